The molecule has 0 bridgehead atoms. The summed E-state index contributed by atoms with van der Waals surface area (Å²) in [5.41, 5.74) is -9.37. The van der Waals surface area contributed by atoms with Crippen molar-refractivity contribution in [2.24, 2.45) is 0 Å². The SMILES string of the molecule is CCCc1cc(-c2ccc(CN(Cc3ccc(C(F)(F)P(=O)(O)O)c(Cl)c3)S(=O)(=O)c3ccccc3OC)cc2)cc(C(=O)O)c1O.N#Cc1cccc(-c2ccc(CN(Cc3ccc(C(F)(F)P(=O)(O)O)c(Cl)c3)S(=O)(=O)c3ccc(F)cc3Cl)cc2)c1.N#Cc1cccc(-c2ccc(CN(Cc3ccc(C(F)(F)P(=O)(O)O)c(Cl)c3)S(=O)(=O)c3ccccc3Cl)cc2)c1. The number of phenols is 1. The van der Waals surface area contributed by atoms with Gasteiger partial charge in [0, 0.05) is 39.3 Å². The van der Waals surface area contributed by atoms with Crippen LogP contribution in [-0.2, 0) is 106 Å². The van der Waals surface area contributed by atoms with Gasteiger partial charge in [-0.1, -0.05) is 229 Å². The highest BCUT2D eigenvalue weighted by Crippen LogP contribution is 2.63. The number of hydrogen-bond acceptors (Lipinski definition) is 14. The molecule has 8 N–H and O–H groups in total. The van der Waals surface area contributed by atoms with Crippen LogP contribution in [0.1, 0.15) is 90.5 Å². The molecule has 0 aliphatic carbocycles. The summed E-state index contributed by atoms with van der Waals surface area (Å²) in [7, 11) is -29.3. The molecular weight excluding hydrogens is 1930 g/mol. The molecule has 0 heterocycles. The summed E-state index contributed by atoms with van der Waals surface area (Å²) < 4.78 is 225. The van der Waals surface area contributed by atoms with E-state index in [2.05, 4.69) is 12.1 Å². The van der Waals surface area contributed by atoms with Gasteiger partial charge in [-0.2, -0.15) is 49.8 Å². The number of benzene rings is 12. The van der Waals surface area contributed by atoms with Gasteiger partial charge in [0.15, 0.2) is 0 Å². The fraction of sp³-hybridized carbons (Fsp3) is 0.148. The van der Waals surface area contributed by atoms with Crippen molar-refractivity contribution in [3.8, 4) is 57.0 Å². The van der Waals surface area contributed by atoms with Crippen LogP contribution in [0.3, 0.4) is 0 Å². The summed E-state index contributed by atoms with van der Waals surface area (Å²) in [6.45, 7) is 0.215. The van der Waals surface area contributed by atoms with Gasteiger partial charge in [-0.05, 0) is 176 Å². The van der Waals surface area contributed by atoms with Gasteiger partial charge in [-0.3, -0.25) is 13.7 Å². The van der Waals surface area contributed by atoms with Crippen LogP contribution in [0.5, 0.6) is 11.5 Å². The molecule has 42 heteroatoms. The molecule has 0 saturated carbocycles. The molecule has 0 aliphatic rings. The molecule has 0 aromatic heterocycles. The number of carboxylic acid groups (broad SMARTS) is 1. The predicted octanol–water partition coefficient (Wildman–Crippen LogP) is 21.4. The fourth-order valence-electron chi connectivity index (χ4n) is 13.1. The minimum absolute atomic E-state index is 0.0140. The Morgan fingerprint density at radius 1 is 0.400 bits per heavy atom. The number of methoxy groups -OCH3 is 1. The van der Waals surface area contributed by atoms with Gasteiger partial charge in [-0.25, -0.2) is 34.4 Å². The number of hydrogen-bond donors (Lipinski definition) is 8. The number of nitrogens with zero attached hydrogens (tertiary/aromatic N) is 5. The third-order valence-corrected chi connectivity index (χ3v) is 30.0. The Labute approximate surface area is 766 Å². The van der Waals surface area contributed by atoms with Crippen molar-refractivity contribution in [3.63, 3.8) is 0 Å². The van der Waals surface area contributed by atoms with Gasteiger partial charge < -0.3 is 44.3 Å². The lowest BCUT2D eigenvalue weighted by molar-refractivity contribution is 0.0565. The Balaban J connectivity index is 0.000000203. The lowest BCUT2D eigenvalue weighted by Crippen LogP contribution is -2.30. The van der Waals surface area contributed by atoms with Gasteiger partial charge in [0.2, 0.25) is 30.1 Å². The number of ether oxygens (including phenoxy) is 1. The first-order valence-corrected chi connectivity index (χ1v) is 48.8. The third kappa shape index (κ3) is 23.8. The summed E-state index contributed by atoms with van der Waals surface area (Å²) >= 11 is 30.2. The summed E-state index contributed by atoms with van der Waals surface area (Å²) in [6.07, 6.45) is 1.13. The van der Waals surface area contributed by atoms with Gasteiger partial charge in [0.05, 0.1) is 72.2 Å². The number of rotatable bonds is 31. The first-order chi connectivity index (χ1) is 60.9. The van der Waals surface area contributed by atoms with Gasteiger partial charge >= 0.3 is 45.7 Å². The van der Waals surface area contributed by atoms with Crippen molar-refractivity contribution in [1.29, 1.82) is 10.5 Å². The van der Waals surface area contributed by atoms with Gasteiger partial charge in [0.1, 0.15) is 37.6 Å². The quantitative estimate of drug-likeness (QED) is 0.0148. The van der Waals surface area contributed by atoms with E-state index in [-0.39, 0.29) is 86.3 Å². The minimum atomic E-state index is -5.90. The number of aryl methyl sites for hydroxylation is 1. The zero-order chi connectivity index (χ0) is 95.6. The second kappa shape index (κ2) is 41.7. The van der Waals surface area contributed by atoms with Crippen LogP contribution < -0.4 is 4.74 Å². The normalized spacial score (nSPS) is 12.3. The zero-order valence-corrected chi connectivity index (χ0v) is 76.2. The number of aromatic carboxylic acids is 1. The van der Waals surface area contributed by atoms with E-state index >= 15 is 0 Å². The maximum absolute atomic E-state index is 14.4. The third-order valence-electron chi connectivity index (χ3n) is 19.8. The molecule has 130 heavy (non-hydrogen) atoms. The van der Waals surface area contributed by atoms with Crippen LogP contribution in [-0.4, -0.2) is 90.8 Å². The Kier molecular flexibility index (Phi) is 32.7. The largest absolute Gasteiger partial charge is 0.507 e. The van der Waals surface area contributed by atoms with Crippen molar-refractivity contribution < 1.29 is 119 Å². The molecule has 0 amide bonds. The smallest absolute Gasteiger partial charge is 0.399 e. The molecule has 12 rings (SSSR count). The topological polar surface area (TPSA) is 399 Å². The number of halogens is 12. The molecular formula is C88H72Cl5F7N5O19P3S3. The van der Waals surface area contributed by atoms with Crippen LogP contribution in [0.2, 0.25) is 25.1 Å². The molecule has 0 spiro atoms. The number of alkyl halides is 6. The molecule has 24 nitrogen and oxygen atoms in total. The Bertz CT molecular complexity index is 6880. The highest BCUT2D eigenvalue weighted by Gasteiger charge is 2.54. The van der Waals surface area contributed by atoms with Crippen LogP contribution in [0.15, 0.2) is 269 Å². The Morgan fingerprint density at radius 3 is 1.08 bits per heavy atom. The van der Waals surface area contributed by atoms with E-state index < -0.39 is 125 Å². The van der Waals surface area contributed by atoms with Gasteiger partial charge in [0.25, 0.3) is 0 Å². The van der Waals surface area contributed by atoms with Crippen molar-refractivity contribution in [1.82, 2.24) is 12.9 Å². The monoisotopic (exact) mass is 2000 g/mol. The van der Waals surface area contributed by atoms with Gasteiger partial charge in [-0.15, -0.1) is 0 Å². The molecule has 680 valence electrons. The highest BCUT2D eigenvalue weighted by atomic mass is 35.5. The number of aromatic hydroxyl groups is 1. The molecule has 0 atom stereocenters. The van der Waals surface area contributed by atoms with E-state index in [9.17, 15) is 84.7 Å². The molecule has 0 radical (unpaired) electrons. The lowest BCUT2D eigenvalue weighted by atomic mass is 9.96. The molecule has 0 unspecified atom stereocenters. The Hall–Kier alpha value is -10.2. The first kappa shape index (κ1) is 102. The summed E-state index contributed by atoms with van der Waals surface area (Å²) in [6, 6.07) is 64.7. The molecule has 0 aliphatic heterocycles. The summed E-state index contributed by atoms with van der Waals surface area (Å²) in [5.74, 6) is -2.27. The lowest BCUT2D eigenvalue weighted by Gasteiger charge is -2.24. The fourth-order valence-corrected chi connectivity index (χ4v) is 21.2. The van der Waals surface area contributed by atoms with E-state index in [0.29, 0.717) is 57.3 Å². The summed E-state index contributed by atoms with van der Waals surface area (Å²) in [4.78, 5) is 65.6. The molecule has 12 aromatic carbocycles. The number of nitriles is 2. The van der Waals surface area contributed by atoms with Crippen molar-refractivity contribution >= 4 is 117 Å². The highest BCUT2D eigenvalue weighted by molar-refractivity contribution is 7.89. The molecule has 0 saturated heterocycles. The van der Waals surface area contributed by atoms with E-state index in [1.54, 1.807) is 127 Å². The first-order valence-electron chi connectivity index (χ1n) is 37.8. The number of para-hydroxylation sites is 1. The molecule has 12 aromatic rings. The number of carbonyl (C=O) groups is 1. The zero-order valence-electron chi connectivity index (χ0n) is 67.3. The second-order valence-electron chi connectivity index (χ2n) is 28.7. The van der Waals surface area contributed by atoms with E-state index in [4.69, 9.17) is 103 Å². The van der Waals surface area contributed by atoms with E-state index in [0.717, 1.165) is 108 Å². The number of sulfonamides is 3. The molecule has 0 fully saturated rings. The van der Waals surface area contributed by atoms with Crippen molar-refractivity contribution in [2.45, 2.75) is 90.7 Å². The van der Waals surface area contributed by atoms with Crippen LogP contribution in [0.4, 0.5) is 30.7 Å². The van der Waals surface area contributed by atoms with Crippen LogP contribution in [0.25, 0.3) is 33.4 Å². The van der Waals surface area contributed by atoms with Crippen LogP contribution >= 0.6 is 80.8 Å². The Morgan fingerprint density at radius 2 is 0.738 bits per heavy atom. The number of carboxylic acids is 1. The van der Waals surface area contributed by atoms with E-state index in [1.807, 2.05) is 19.1 Å². The van der Waals surface area contributed by atoms with Crippen LogP contribution in [0, 0.1) is 28.5 Å². The maximum Gasteiger partial charge on any atom is 0.399 e. The minimum Gasteiger partial charge on any atom is -0.507 e. The van der Waals surface area contributed by atoms with Crippen molar-refractivity contribution in [2.75, 3.05) is 7.11 Å². The standard InChI is InChI=1S/C32H31ClF2NO9PS.C28H20Cl2F3N2O5PS.C28H21Cl2F2N2O5PS/c1-3-6-23-16-24(17-25(30(23)37)31(38)39)22-12-9-20(10-13-22)18-36(47(43,44)29-8-5-4-7-28(29)45-2)19-21-11-14-26(27(33)15-21)32(34,35)46(40,41)42;29-25-13-20(6-10-24(25)28(32,33)41(36,37)38)17-35(42(39,40)27-11-9-23(31)14-26(27)30)16-18-4-7-21(8-5-18)22-3-1-2-19(12-22)15-34;29-25-6-1-2-7-27(25)41(38,39)34(18-21-10-13-24(26(30)15-21)28(31,32)40(35,36)37)17-19-8-11-22(12-9-19)23-5-3-4-20(14-23)16-33/h4-5,7-17,37H,3,6,18-19H2,1-2H3,(H,38,39)(H2,40,41,42);1-14H,16-17H2,(H2,36,37,38);1-15H,17-18H2,(H2,35,36,37). The van der Waals surface area contributed by atoms with Crippen molar-refractivity contribution in [3.05, 3.63) is 358 Å². The van der Waals surface area contributed by atoms with E-state index in [1.165, 1.54) is 49.6 Å². The average Bonchev–Trinajstić information content (AvgIpc) is 0.778. The second-order valence-corrected chi connectivity index (χ2v) is 41.4. The predicted molar refractivity (Wildman–Crippen MR) is 475 cm³/mol. The maximum atomic E-state index is 14.4. The summed E-state index contributed by atoms with van der Waals surface area (Å²) in [5, 5.41) is 36.0. The average molecular weight is 2000 g/mol.